The number of nitrogens with one attached hydrogen (secondary N) is 1. The van der Waals surface area contributed by atoms with E-state index in [9.17, 15) is 0 Å². The maximum absolute atomic E-state index is 9.08. The van der Waals surface area contributed by atoms with Crippen LogP contribution >= 0.6 is 0 Å². The fourth-order valence-electron chi connectivity index (χ4n) is 1.13. The van der Waals surface area contributed by atoms with Gasteiger partial charge in [-0.2, -0.15) is 0 Å². The molecule has 0 spiro atoms. The Morgan fingerprint density at radius 2 is 2.40 bits per heavy atom. The molecule has 0 radical (unpaired) electrons. The van der Waals surface area contributed by atoms with Crippen molar-refractivity contribution >= 4 is 0 Å². The molecule has 4 heteroatoms. The van der Waals surface area contributed by atoms with Gasteiger partial charge in [0.25, 0.3) is 0 Å². The quantitative estimate of drug-likeness (QED) is 0.424. The number of ether oxygens (including phenoxy) is 1. The summed E-state index contributed by atoms with van der Waals surface area (Å²) in [7, 11) is 1.44. The summed E-state index contributed by atoms with van der Waals surface area (Å²) >= 11 is 0. The number of aliphatic hydroxyl groups excluding tert-OH is 2. The molecule has 0 amide bonds. The van der Waals surface area contributed by atoms with Crippen LogP contribution in [0.2, 0.25) is 0 Å². The summed E-state index contributed by atoms with van der Waals surface area (Å²) in [5, 5.41) is 21.0. The first-order chi connectivity index (χ1) is 4.74. The van der Waals surface area contributed by atoms with Gasteiger partial charge in [-0.25, -0.2) is 0 Å². The van der Waals surface area contributed by atoms with Crippen molar-refractivity contribution in [3.63, 3.8) is 0 Å². The summed E-state index contributed by atoms with van der Waals surface area (Å²) in [5.74, 6) is 0. The average molecular weight is 147 g/mol. The van der Waals surface area contributed by atoms with Crippen LogP contribution in [-0.2, 0) is 4.74 Å². The Kier molecular flexibility index (Phi) is 2.62. The molecule has 1 fully saturated rings. The molecule has 0 aromatic heterocycles. The topological polar surface area (TPSA) is 61.7 Å². The van der Waals surface area contributed by atoms with Gasteiger partial charge in [0.2, 0.25) is 0 Å². The van der Waals surface area contributed by atoms with Crippen LogP contribution in [0.5, 0.6) is 0 Å². The summed E-state index contributed by atoms with van der Waals surface area (Å²) in [5.41, 5.74) is 0. The van der Waals surface area contributed by atoms with Crippen molar-refractivity contribution in [2.24, 2.45) is 0 Å². The molecule has 3 atom stereocenters. The lowest BCUT2D eigenvalue weighted by atomic mass is 10.2. The third-order valence-electron chi connectivity index (χ3n) is 1.73. The lowest BCUT2D eigenvalue weighted by molar-refractivity contribution is -0.0945. The van der Waals surface area contributed by atoms with Crippen molar-refractivity contribution in [2.45, 2.75) is 24.9 Å². The van der Waals surface area contributed by atoms with Crippen LogP contribution in [0, 0.1) is 0 Å². The van der Waals surface area contributed by atoms with E-state index < -0.39 is 6.29 Å². The highest BCUT2D eigenvalue weighted by Gasteiger charge is 2.27. The Balaban J connectivity index is 2.29. The zero-order valence-corrected chi connectivity index (χ0v) is 5.95. The summed E-state index contributed by atoms with van der Waals surface area (Å²) in [6.45, 7) is 0.547. The van der Waals surface area contributed by atoms with E-state index in [0.29, 0.717) is 13.0 Å². The number of aliphatic hydroxyl groups is 2. The second-order valence-electron chi connectivity index (χ2n) is 2.53. The SMILES string of the molecule is COC(O)[C@H]1C[C@@H](O)CN1. The van der Waals surface area contributed by atoms with E-state index in [0.717, 1.165) is 0 Å². The second-order valence-corrected chi connectivity index (χ2v) is 2.53. The number of hydrogen-bond donors (Lipinski definition) is 3. The highest BCUT2D eigenvalue weighted by atomic mass is 16.6. The standard InChI is InChI=1S/C6H13NO3/c1-10-6(9)5-2-4(8)3-7-5/h4-9H,2-3H2,1H3/t4-,5-,6?/m1/s1. The van der Waals surface area contributed by atoms with Gasteiger partial charge in [0.15, 0.2) is 6.29 Å². The summed E-state index contributed by atoms with van der Waals surface area (Å²) < 4.78 is 4.66. The van der Waals surface area contributed by atoms with Gasteiger partial charge < -0.3 is 20.3 Å². The largest absolute Gasteiger partial charge is 0.392 e. The number of hydrogen-bond acceptors (Lipinski definition) is 4. The van der Waals surface area contributed by atoms with Crippen LogP contribution in [0.15, 0.2) is 0 Å². The smallest absolute Gasteiger partial charge is 0.169 e. The predicted octanol–water partition coefficient (Wildman–Crippen LogP) is -1.33. The molecule has 0 bridgehead atoms. The third kappa shape index (κ3) is 1.67. The van der Waals surface area contributed by atoms with Gasteiger partial charge in [-0.1, -0.05) is 0 Å². The minimum Gasteiger partial charge on any atom is -0.392 e. The monoisotopic (exact) mass is 147 g/mol. The van der Waals surface area contributed by atoms with Crippen LogP contribution in [0.3, 0.4) is 0 Å². The molecule has 1 aliphatic heterocycles. The summed E-state index contributed by atoms with van der Waals surface area (Å²) in [6.07, 6.45) is -0.568. The molecule has 0 aliphatic carbocycles. The Morgan fingerprint density at radius 3 is 2.80 bits per heavy atom. The van der Waals surface area contributed by atoms with Crippen molar-refractivity contribution in [3.05, 3.63) is 0 Å². The lowest BCUT2D eigenvalue weighted by Crippen LogP contribution is -2.35. The maximum atomic E-state index is 9.08. The molecule has 4 nitrogen and oxygen atoms in total. The van der Waals surface area contributed by atoms with Gasteiger partial charge in [-0.15, -0.1) is 0 Å². The normalized spacial score (nSPS) is 36.3. The fraction of sp³-hybridized carbons (Fsp3) is 1.00. The van der Waals surface area contributed by atoms with E-state index in [4.69, 9.17) is 10.2 Å². The molecule has 1 unspecified atom stereocenters. The lowest BCUT2D eigenvalue weighted by Gasteiger charge is -2.15. The van der Waals surface area contributed by atoms with Crippen molar-refractivity contribution in [1.82, 2.24) is 5.32 Å². The van der Waals surface area contributed by atoms with E-state index >= 15 is 0 Å². The zero-order chi connectivity index (χ0) is 7.56. The fourth-order valence-corrected chi connectivity index (χ4v) is 1.13. The molecule has 0 saturated carbocycles. The van der Waals surface area contributed by atoms with Crippen molar-refractivity contribution in [3.8, 4) is 0 Å². The Morgan fingerprint density at radius 1 is 1.70 bits per heavy atom. The van der Waals surface area contributed by atoms with Crippen molar-refractivity contribution in [2.75, 3.05) is 13.7 Å². The molecule has 0 aromatic rings. The first kappa shape index (κ1) is 7.94. The van der Waals surface area contributed by atoms with Crippen LogP contribution < -0.4 is 5.32 Å². The van der Waals surface area contributed by atoms with Crippen LogP contribution in [0.1, 0.15) is 6.42 Å². The minimum atomic E-state index is -0.794. The van der Waals surface area contributed by atoms with Gasteiger partial charge in [0.1, 0.15) is 0 Å². The molecule has 60 valence electrons. The first-order valence-electron chi connectivity index (χ1n) is 3.36. The first-order valence-corrected chi connectivity index (χ1v) is 3.36. The van der Waals surface area contributed by atoms with E-state index in [-0.39, 0.29) is 12.1 Å². The third-order valence-corrected chi connectivity index (χ3v) is 1.73. The Hall–Kier alpha value is -0.160. The maximum Gasteiger partial charge on any atom is 0.169 e. The van der Waals surface area contributed by atoms with E-state index in [1.54, 1.807) is 0 Å². The highest BCUT2D eigenvalue weighted by molar-refractivity contribution is 4.82. The average Bonchev–Trinajstić information content (AvgIpc) is 2.34. The Labute approximate surface area is 59.8 Å². The van der Waals surface area contributed by atoms with Gasteiger partial charge in [0, 0.05) is 13.7 Å². The van der Waals surface area contributed by atoms with E-state index in [1.807, 2.05) is 0 Å². The van der Waals surface area contributed by atoms with E-state index in [1.165, 1.54) is 7.11 Å². The van der Waals surface area contributed by atoms with Crippen molar-refractivity contribution in [1.29, 1.82) is 0 Å². The van der Waals surface area contributed by atoms with Crippen LogP contribution in [0.25, 0.3) is 0 Å². The van der Waals surface area contributed by atoms with E-state index in [2.05, 4.69) is 10.1 Å². The molecule has 1 aliphatic rings. The molecule has 1 saturated heterocycles. The predicted molar refractivity (Wildman–Crippen MR) is 35.4 cm³/mol. The second kappa shape index (κ2) is 3.30. The van der Waals surface area contributed by atoms with Crippen molar-refractivity contribution < 1.29 is 14.9 Å². The molecule has 1 rings (SSSR count). The van der Waals surface area contributed by atoms with Gasteiger partial charge in [0.05, 0.1) is 12.1 Å². The molecule has 3 N–H and O–H groups in total. The summed E-state index contributed by atoms with van der Waals surface area (Å²) in [4.78, 5) is 0. The van der Waals surface area contributed by atoms with Crippen LogP contribution in [0.4, 0.5) is 0 Å². The molecule has 0 aromatic carbocycles. The molecular weight excluding hydrogens is 134 g/mol. The van der Waals surface area contributed by atoms with Gasteiger partial charge >= 0.3 is 0 Å². The number of methoxy groups -OCH3 is 1. The molecular formula is C6H13NO3. The zero-order valence-electron chi connectivity index (χ0n) is 5.95. The molecule has 10 heavy (non-hydrogen) atoms. The summed E-state index contributed by atoms with van der Waals surface area (Å²) in [6, 6.07) is -0.111. The Bertz CT molecular complexity index is 109. The number of rotatable bonds is 2. The minimum absolute atomic E-state index is 0.111. The van der Waals surface area contributed by atoms with Gasteiger partial charge in [-0.3, -0.25) is 0 Å². The molecule has 1 heterocycles. The van der Waals surface area contributed by atoms with Gasteiger partial charge in [-0.05, 0) is 6.42 Å². The highest BCUT2D eigenvalue weighted by Crippen LogP contribution is 2.09. The number of β-amino-alcohol motifs (C(OH)–C–C–N with tert-alkyl or cyclic N) is 1. The van der Waals surface area contributed by atoms with Crippen LogP contribution in [-0.4, -0.2) is 42.3 Å².